The van der Waals surface area contributed by atoms with E-state index in [-0.39, 0.29) is 18.9 Å². The predicted octanol–water partition coefficient (Wildman–Crippen LogP) is 7.32. The number of ether oxygens (including phenoxy) is 6. The van der Waals surface area contributed by atoms with Crippen LogP contribution < -0.4 is 14.2 Å². The van der Waals surface area contributed by atoms with Gasteiger partial charge in [-0.2, -0.15) is 0 Å². The van der Waals surface area contributed by atoms with Gasteiger partial charge in [0.15, 0.2) is 18.9 Å². The lowest BCUT2D eigenvalue weighted by molar-refractivity contribution is -0.0616. The highest BCUT2D eigenvalue weighted by atomic mass is 16.7. The fourth-order valence-corrected chi connectivity index (χ4v) is 4.48. The topological polar surface area (TPSA) is 55.4 Å². The molecule has 0 fully saturated rings. The maximum Gasteiger partial charge on any atom is 0.196 e. The predicted molar refractivity (Wildman–Crippen MR) is 150 cm³/mol. The summed E-state index contributed by atoms with van der Waals surface area (Å²) in [6.07, 6.45) is -0.929. The van der Waals surface area contributed by atoms with E-state index in [1.54, 1.807) is 0 Å². The summed E-state index contributed by atoms with van der Waals surface area (Å²) in [6.45, 7) is 15.6. The maximum absolute atomic E-state index is 5.90. The van der Waals surface area contributed by atoms with Crippen LogP contribution >= 0.6 is 0 Å². The van der Waals surface area contributed by atoms with Crippen LogP contribution in [0.15, 0.2) is 72.8 Å². The smallest absolute Gasteiger partial charge is 0.196 e. The molecule has 0 heterocycles. The summed E-state index contributed by atoms with van der Waals surface area (Å²) in [5, 5.41) is 0. The minimum absolute atomic E-state index is 0.310. The van der Waals surface area contributed by atoms with Crippen molar-refractivity contribution in [3.05, 3.63) is 89.5 Å². The zero-order chi connectivity index (χ0) is 27.5. The molecule has 3 atom stereocenters. The molecule has 0 saturated carbocycles. The second kappa shape index (κ2) is 14.2. The van der Waals surface area contributed by atoms with E-state index in [9.17, 15) is 0 Å². The van der Waals surface area contributed by atoms with Gasteiger partial charge in [-0.1, -0.05) is 36.4 Å². The van der Waals surface area contributed by atoms with Crippen molar-refractivity contribution in [3.63, 3.8) is 0 Å². The zero-order valence-corrected chi connectivity index (χ0v) is 23.7. The Balaban J connectivity index is 1.95. The van der Waals surface area contributed by atoms with E-state index in [0.29, 0.717) is 19.8 Å². The molecule has 206 valence electrons. The average molecular weight is 523 g/mol. The van der Waals surface area contributed by atoms with E-state index in [4.69, 9.17) is 28.4 Å². The molecule has 0 aliphatic rings. The summed E-state index contributed by atoms with van der Waals surface area (Å²) in [7, 11) is 0. The van der Waals surface area contributed by atoms with Crippen molar-refractivity contribution in [2.24, 2.45) is 0 Å². The quantitative estimate of drug-likeness (QED) is 0.154. The summed E-state index contributed by atoms with van der Waals surface area (Å²) < 4.78 is 34.3. The van der Waals surface area contributed by atoms with Crippen LogP contribution in [0.4, 0.5) is 0 Å². The Morgan fingerprint density at radius 3 is 0.921 bits per heavy atom. The summed E-state index contributed by atoms with van der Waals surface area (Å²) >= 11 is 0. The van der Waals surface area contributed by atoms with Crippen molar-refractivity contribution in [2.75, 3.05) is 19.8 Å². The lowest BCUT2D eigenvalue weighted by atomic mass is 9.71. The van der Waals surface area contributed by atoms with E-state index in [2.05, 4.69) is 43.3 Å². The summed E-state index contributed by atoms with van der Waals surface area (Å²) in [6, 6.07) is 24.6. The van der Waals surface area contributed by atoms with Crippen LogP contribution in [0.25, 0.3) is 0 Å². The van der Waals surface area contributed by atoms with Crippen LogP contribution in [0.5, 0.6) is 17.2 Å². The third-order valence-corrected chi connectivity index (χ3v) is 6.41. The molecule has 0 spiro atoms. The van der Waals surface area contributed by atoms with Crippen molar-refractivity contribution >= 4 is 0 Å². The van der Waals surface area contributed by atoms with Gasteiger partial charge in [0.05, 0.1) is 0 Å². The van der Waals surface area contributed by atoms with Crippen molar-refractivity contribution < 1.29 is 28.4 Å². The highest BCUT2D eigenvalue weighted by Gasteiger charge is 2.31. The van der Waals surface area contributed by atoms with E-state index in [0.717, 1.165) is 33.9 Å². The van der Waals surface area contributed by atoms with E-state index in [1.165, 1.54) is 0 Å². The SMILES string of the molecule is CCOC(C)Oc1ccc(C(C)(c2ccc(OC(C)OCC)cc2)c2ccc(OC(C)OCC)cc2)cc1. The third kappa shape index (κ3) is 7.73. The number of hydrogen-bond acceptors (Lipinski definition) is 6. The summed E-state index contributed by atoms with van der Waals surface area (Å²) in [5.41, 5.74) is 2.93. The van der Waals surface area contributed by atoms with Crippen LogP contribution in [0.2, 0.25) is 0 Å². The molecule has 0 amide bonds. The van der Waals surface area contributed by atoms with Gasteiger partial charge in [0.1, 0.15) is 17.2 Å². The molecule has 38 heavy (non-hydrogen) atoms. The molecule has 3 aromatic rings. The van der Waals surface area contributed by atoms with E-state index < -0.39 is 5.41 Å². The molecule has 0 aromatic heterocycles. The van der Waals surface area contributed by atoms with Gasteiger partial charge in [0.2, 0.25) is 0 Å². The van der Waals surface area contributed by atoms with Crippen molar-refractivity contribution in [1.82, 2.24) is 0 Å². The summed E-state index contributed by atoms with van der Waals surface area (Å²) in [4.78, 5) is 0. The minimum atomic E-state index is -0.446. The highest BCUT2D eigenvalue weighted by molar-refractivity contribution is 5.52. The van der Waals surface area contributed by atoms with Crippen LogP contribution in [0, 0.1) is 0 Å². The Morgan fingerprint density at radius 2 is 0.711 bits per heavy atom. The molecule has 3 rings (SSSR count). The fourth-order valence-electron chi connectivity index (χ4n) is 4.48. The maximum atomic E-state index is 5.90. The first-order valence-corrected chi connectivity index (χ1v) is 13.5. The fraction of sp³-hybridized carbons (Fsp3) is 0.438. The molecule has 3 unspecified atom stereocenters. The monoisotopic (exact) mass is 522 g/mol. The Kier molecular flexibility index (Phi) is 11.0. The van der Waals surface area contributed by atoms with Gasteiger partial charge in [-0.05, 0) is 102 Å². The Hall–Kier alpha value is -3.06. The van der Waals surface area contributed by atoms with Crippen molar-refractivity contribution in [2.45, 2.75) is 72.8 Å². The first kappa shape index (κ1) is 29.5. The van der Waals surface area contributed by atoms with E-state index in [1.807, 2.05) is 77.9 Å². The molecular formula is C32H42O6. The van der Waals surface area contributed by atoms with Gasteiger partial charge in [0, 0.05) is 25.2 Å². The molecule has 0 radical (unpaired) electrons. The highest BCUT2D eigenvalue weighted by Crippen LogP contribution is 2.40. The largest absolute Gasteiger partial charge is 0.465 e. The molecule has 0 bridgehead atoms. The molecule has 0 N–H and O–H groups in total. The van der Waals surface area contributed by atoms with Gasteiger partial charge < -0.3 is 28.4 Å². The van der Waals surface area contributed by atoms with Crippen molar-refractivity contribution in [1.29, 1.82) is 0 Å². The number of hydrogen-bond donors (Lipinski definition) is 0. The Labute approximate surface area is 227 Å². The molecular weight excluding hydrogens is 480 g/mol. The average Bonchev–Trinajstić information content (AvgIpc) is 2.90. The number of benzene rings is 3. The van der Waals surface area contributed by atoms with Crippen LogP contribution in [0.1, 0.15) is 65.2 Å². The van der Waals surface area contributed by atoms with Gasteiger partial charge in [0.25, 0.3) is 0 Å². The molecule has 3 aromatic carbocycles. The van der Waals surface area contributed by atoms with E-state index >= 15 is 0 Å². The van der Waals surface area contributed by atoms with Crippen LogP contribution in [0.3, 0.4) is 0 Å². The molecule has 0 saturated heterocycles. The molecule has 0 aliphatic heterocycles. The second-order valence-corrected chi connectivity index (χ2v) is 9.12. The van der Waals surface area contributed by atoms with Crippen LogP contribution in [-0.4, -0.2) is 38.7 Å². The lowest BCUT2D eigenvalue weighted by Gasteiger charge is -2.32. The second-order valence-electron chi connectivity index (χ2n) is 9.12. The first-order chi connectivity index (χ1) is 18.3. The molecule has 0 aliphatic carbocycles. The van der Waals surface area contributed by atoms with Crippen molar-refractivity contribution in [3.8, 4) is 17.2 Å². The van der Waals surface area contributed by atoms with Gasteiger partial charge in [-0.15, -0.1) is 0 Å². The van der Waals surface area contributed by atoms with Crippen LogP contribution in [-0.2, 0) is 19.6 Å². The van der Waals surface area contributed by atoms with Gasteiger partial charge in [-0.25, -0.2) is 0 Å². The molecule has 6 nitrogen and oxygen atoms in total. The third-order valence-electron chi connectivity index (χ3n) is 6.41. The normalized spacial score (nSPS) is 15.2. The standard InChI is InChI=1S/C32H42O6/c1-8-33-23(4)36-29-17-11-26(12-18-29)32(7,27-13-19-30(20-14-27)37-24(5)34-9-2)28-15-21-31(22-16-28)38-25(6)35-10-3/h11-25H,8-10H2,1-7H3. The minimum Gasteiger partial charge on any atom is -0.465 e. The van der Waals surface area contributed by atoms with Gasteiger partial charge >= 0.3 is 0 Å². The lowest BCUT2D eigenvalue weighted by Crippen LogP contribution is -2.25. The zero-order valence-electron chi connectivity index (χ0n) is 23.7. The first-order valence-electron chi connectivity index (χ1n) is 13.5. The number of rotatable bonds is 15. The molecule has 6 heteroatoms. The Bertz CT molecular complexity index is 939. The summed E-state index contributed by atoms with van der Waals surface area (Å²) in [5.74, 6) is 2.29. The Morgan fingerprint density at radius 1 is 0.474 bits per heavy atom. The van der Waals surface area contributed by atoms with Gasteiger partial charge in [-0.3, -0.25) is 0 Å².